The quantitative estimate of drug-likeness (QED) is 0.808. The van der Waals surface area contributed by atoms with Gasteiger partial charge >= 0.3 is 11.9 Å². The summed E-state index contributed by atoms with van der Waals surface area (Å²) in [6.07, 6.45) is 1.47. The fourth-order valence-corrected chi connectivity index (χ4v) is 4.67. The lowest BCUT2D eigenvalue weighted by Crippen LogP contribution is -2.35. The van der Waals surface area contributed by atoms with Crippen LogP contribution in [0.2, 0.25) is 10.0 Å². The number of halogens is 2. The fourth-order valence-electron chi connectivity index (χ4n) is 4.34. The van der Waals surface area contributed by atoms with Gasteiger partial charge in [-0.1, -0.05) is 23.2 Å². The standard InChI is InChI=1S/C17H15Cl2NO5/c18-8-1-2-10(19)11(5-8)20-13(21)6-24-16(22)14-7-3-9-12(4-7)25-17(23)15(9)14/h1-2,5,7,9,12,14-15H,3-4,6H2,(H,20,21). The SMILES string of the molecule is O=C(COC(=O)C1C2CC3OC(=O)C1C3C2)Nc1cc(Cl)ccc1Cl. The largest absolute Gasteiger partial charge is 0.462 e. The van der Waals surface area contributed by atoms with Crippen LogP contribution in [0.1, 0.15) is 12.8 Å². The van der Waals surface area contributed by atoms with Crippen LogP contribution in [-0.4, -0.2) is 30.6 Å². The molecule has 2 aliphatic carbocycles. The van der Waals surface area contributed by atoms with Gasteiger partial charge in [0.2, 0.25) is 0 Å². The van der Waals surface area contributed by atoms with E-state index in [0.29, 0.717) is 22.2 Å². The Bertz CT molecular complexity index is 765. The van der Waals surface area contributed by atoms with Gasteiger partial charge in [0.05, 0.1) is 22.5 Å². The molecule has 132 valence electrons. The average molecular weight is 384 g/mol. The molecule has 1 heterocycles. The second kappa shape index (κ2) is 6.18. The maximum absolute atomic E-state index is 12.4. The minimum atomic E-state index is -0.521. The predicted octanol–water partition coefficient (Wildman–Crippen LogP) is 2.67. The Morgan fingerprint density at radius 3 is 2.88 bits per heavy atom. The Kier molecular flexibility index (Phi) is 4.12. The number of esters is 2. The van der Waals surface area contributed by atoms with Gasteiger partial charge in [-0.05, 0) is 37.0 Å². The average Bonchev–Trinajstić information content (AvgIpc) is 3.18. The van der Waals surface area contributed by atoms with Gasteiger partial charge in [0.15, 0.2) is 6.61 Å². The van der Waals surface area contributed by atoms with Crippen LogP contribution in [0.4, 0.5) is 5.69 Å². The highest BCUT2D eigenvalue weighted by Crippen LogP contribution is 2.57. The molecule has 2 saturated carbocycles. The summed E-state index contributed by atoms with van der Waals surface area (Å²) in [6.45, 7) is -0.444. The topological polar surface area (TPSA) is 81.7 Å². The summed E-state index contributed by atoms with van der Waals surface area (Å²) < 4.78 is 10.4. The molecule has 5 atom stereocenters. The first-order valence-electron chi connectivity index (χ1n) is 8.06. The van der Waals surface area contributed by atoms with Gasteiger partial charge in [-0.25, -0.2) is 0 Å². The van der Waals surface area contributed by atoms with E-state index in [0.717, 1.165) is 6.42 Å². The predicted molar refractivity (Wildman–Crippen MR) is 89.1 cm³/mol. The lowest BCUT2D eigenvalue weighted by atomic mass is 9.80. The summed E-state index contributed by atoms with van der Waals surface area (Å²) in [5, 5.41) is 3.30. The number of carbonyl (C=O) groups excluding carboxylic acids is 3. The van der Waals surface area contributed by atoms with E-state index in [-0.39, 0.29) is 23.9 Å². The molecule has 0 radical (unpaired) electrons. The third-order valence-electron chi connectivity index (χ3n) is 5.30. The zero-order valence-corrected chi connectivity index (χ0v) is 14.5. The van der Waals surface area contributed by atoms with Crippen LogP contribution in [0, 0.1) is 23.7 Å². The number of benzene rings is 1. The molecule has 3 fully saturated rings. The van der Waals surface area contributed by atoms with E-state index in [9.17, 15) is 14.4 Å². The second-order valence-corrected chi connectivity index (χ2v) is 7.55. The number of amides is 1. The van der Waals surface area contributed by atoms with E-state index in [4.69, 9.17) is 32.7 Å². The molecule has 3 aliphatic rings. The second-order valence-electron chi connectivity index (χ2n) is 6.70. The van der Waals surface area contributed by atoms with Crippen molar-refractivity contribution < 1.29 is 23.9 Å². The van der Waals surface area contributed by atoms with Crippen molar-refractivity contribution in [3.63, 3.8) is 0 Å². The molecule has 1 saturated heterocycles. The molecule has 5 unspecified atom stereocenters. The zero-order valence-electron chi connectivity index (χ0n) is 13.0. The van der Waals surface area contributed by atoms with Crippen molar-refractivity contribution in [2.24, 2.45) is 23.7 Å². The van der Waals surface area contributed by atoms with E-state index >= 15 is 0 Å². The molecule has 25 heavy (non-hydrogen) atoms. The summed E-state index contributed by atoms with van der Waals surface area (Å²) in [5.41, 5.74) is 0.345. The van der Waals surface area contributed by atoms with E-state index in [1.165, 1.54) is 6.07 Å². The number of anilines is 1. The molecule has 1 aromatic rings. The van der Waals surface area contributed by atoms with Crippen molar-refractivity contribution in [1.82, 2.24) is 0 Å². The molecule has 1 aliphatic heterocycles. The summed E-state index contributed by atoms with van der Waals surface area (Å²) in [6, 6.07) is 4.67. The minimum Gasteiger partial charge on any atom is -0.462 e. The van der Waals surface area contributed by atoms with Crippen LogP contribution in [0.25, 0.3) is 0 Å². The summed E-state index contributed by atoms with van der Waals surface area (Å²) in [4.78, 5) is 36.3. The maximum Gasteiger partial charge on any atom is 0.310 e. The Hall–Kier alpha value is -1.79. The normalized spacial score (nSPS) is 31.8. The van der Waals surface area contributed by atoms with E-state index < -0.39 is 30.3 Å². The van der Waals surface area contributed by atoms with Crippen molar-refractivity contribution in [2.75, 3.05) is 11.9 Å². The first-order chi connectivity index (χ1) is 11.9. The van der Waals surface area contributed by atoms with Gasteiger partial charge in [-0.3, -0.25) is 14.4 Å². The van der Waals surface area contributed by atoms with Gasteiger partial charge in [-0.2, -0.15) is 0 Å². The zero-order chi connectivity index (χ0) is 17.7. The molecule has 8 heteroatoms. The Morgan fingerprint density at radius 2 is 2.08 bits per heavy atom. The number of ether oxygens (including phenoxy) is 2. The first kappa shape index (κ1) is 16.7. The lowest BCUT2D eigenvalue weighted by Gasteiger charge is -2.22. The number of rotatable bonds is 4. The molecule has 1 N–H and O–H groups in total. The first-order valence-corrected chi connectivity index (χ1v) is 8.81. The van der Waals surface area contributed by atoms with Gasteiger partial charge < -0.3 is 14.8 Å². The highest BCUT2D eigenvalue weighted by Gasteiger charge is 2.64. The van der Waals surface area contributed by atoms with E-state index in [2.05, 4.69) is 5.32 Å². The molecule has 0 spiro atoms. The smallest absolute Gasteiger partial charge is 0.310 e. The van der Waals surface area contributed by atoms with E-state index in [1.807, 2.05) is 0 Å². The number of carbonyl (C=O) groups is 3. The van der Waals surface area contributed by atoms with Crippen molar-refractivity contribution >= 4 is 46.7 Å². The number of hydrogen-bond acceptors (Lipinski definition) is 5. The van der Waals surface area contributed by atoms with Crippen LogP contribution >= 0.6 is 23.2 Å². The van der Waals surface area contributed by atoms with Gasteiger partial charge in [0.1, 0.15) is 6.10 Å². The molecule has 0 aromatic heterocycles. The molecule has 1 aromatic carbocycles. The number of fused-ring (bicyclic) bond motifs is 1. The van der Waals surface area contributed by atoms with Crippen LogP contribution in [0.5, 0.6) is 0 Å². The molecular formula is C17H15Cl2NO5. The highest BCUT2D eigenvalue weighted by molar-refractivity contribution is 6.35. The Morgan fingerprint density at radius 1 is 1.28 bits per heavy atom. The monoisotopic (exact) mass is 383 g/mol. The van der Waals surface area contributed by atoms with Crippen molar-refractivity contribution in [3.8, 4) is 0 Å². The third-order valence-corrected chi connectivity index (χ3v) is 5.87. The number of nitrogens with one attached hydrogen (secondary N) is 1. The lowest BCUT2D eigenvalue weighted by molar-refractivity contribution is -0.157. The van der Waals surface area contributed by atoms with Crippen molar-refractivity contribution in [3.05, 3.63) is 28.2 Å². The van der Waals surface area contributed by atoms with Crippen LogP contribution < -0.4 is 5.32 Å². The molecular weight excluding hydrogens is 369 g/mol. The van der Waals surface area contributed by atoms with Crippen LogP contribution in [-0.2, 0) is 23.9 Å². The molecule has 4 rings (SSSR count). The van der Waals surface area contributed by atoms with Gasteiger partial charge in [0.25, 0.3) is 5.91 Å². The van der Waals surface area contributed by atoms with Crippen LogP contribution in [0.3, 0.4) is 0 Å². The van der Waals surface area contributed by atoms with Gasteiger partial charge in [-0.15, -0.1) is 0 Å². The van der Waals surface area contributed by atoms with Crippen molar-refractivity contribution in [2.45, 2.75) is 18.9 Å². The molecule has 2 bridgehead atoms. The van der Waals surface area contributed by atoms with Crippen LogP contribution in [0.15, 0.2) is 18.2 Å². The molecule has 1 amide bonds. The van der Waals surface area contributed by atoms with Gasteiger partial charge in [0, 0.05) is 10.9 Å². The fraction of sp³-hybridized carbons (Fsp3) is 0.471. The molecule has 6 nitrogen and oxygen atoms in total. The van der Waals surface area contributed by atoms with E-state index in [1.54, 1.807) is 12.1 Å². The third kappa shape index (κ3) is 2.87. The summed E-state index contributed by atoms with van der Waals surface area (Å²) in [7, 11) is 0. The number of hydrogen-bond donors (Lipinski definition) is 1. The van der Waals surface area contributed by atoms with Crippen molar-refractivity contribution in [1.29, 1.82) is 0 Å². The highest BCUT2D eigenvalue weighted by atomic mass is 35.5. The maximum atomic E-state index is 12.4. The Labute approximate surface area is 153 Å². The Balaban J connectivity index is 1.35. The minimum absolute atomic E-state index is 0.0418. The summed E-state index contributed by atoms with van der Waals surface area (Å²) in [5.74, 6) is -2.04. The summed E-state index contributed by atoms with van der Waals surface area (Å²) >= 11 is 11.8.